The van der Waals surface area contributed by atoms with E-state index in [1.807, 2.05) is 0 Å². The van der Waals surface area contributed by atoms with E-state index < -0.39 is 0 Å². The Morgan fingerprint density at radius 2 is 2.16 bits per heavy atom. The average Bonchev–Trinajstić information content (AvgIpc) is 3.69. The number of amides is 1. The van der Waals surface area contributed by atoms with Gasteiger partial charge in [-0.2, -0.15) is 5.26 Å². The number of nitrogens with one attached hydrogen (secondary N) is 1. The van der Waals surface area contributed by atoms with Gasteiger partial charge in [-0.25, -0.2) is 0 Å². The molecule has 8 heteroatoms. The van der Waals surface area contributed by atoms with Gasteiger partial charge in [0.15, 0.2) is 5.01 Å². The smallest absolute Gasteiger partial charge is 0.258 e. The van der Waals surface area contributed by atoms with E-state index in [4.69, 9.17) is 4.74 Å². The molecule has 0 aliphatic heterocycles. The van der Waals surface area contributed by atoms with Crippen LogP contribution in [0.25, 0.3) is 11.1 Å². The third-order valence-corrected chi connectivity index (χ3v) is 6.52. The fourth-order valence-electron chi connectivity index (χ4n) is 3.70. The molecule has 31 heavy (non-hydrogen) atoms. The van der Waals surface area contributed by atoms with E-state index in [0.29, 0.717) is 49.5 Å². The van der Waals surface area contributed by atoms with E-state index in [-0.39, 0.29) is 5.91 Å². The third kappa shape index (κ3) is 3.74. The number of hydrogen-bond donors (Lipinski definition) is 1. The van der Waals surface area contributed by atoms with Crippen LogP contribution in [-0.4, -0.2) is 28.2 Å². The van der Waals surface area contributed by atoms with Crippen molar-refractivity contribution in [2.24, 2.45) is 11.3 Å². The SMILES string of the molecule is COc1ccc(C#N)cc1-c1cnccc1C(=O)Nc1nnc(C#CC2CC23CC3)s1. The number of nitrogens with zero attached hydrogens (tertiary/aromatic N) is 4. The molecule has 0 bridgehead atoms. The Kier molecular flexibility index (Phi) is 4.65. The molecule has 2 aromatic heterocycles. The van der Waals surface area contributed by atoms with Gasteiger partial charge >= 0.3 is 0 Å². The number of ether oxygens (including phenoxy) is 1. The molecule has 0 saturated heterocycles. The molecule has 2 aliphatic rings. The summed E-state index contributed by atoms with van der Waals surface area (Å²) in [5, 5.41) is 21.1. The molecule has 1 aromatic carbocycles. The fraction of sp³-hybridized carbons (Fsp3) is 0.261. The van der Waals surface area contributed by atoms with E-state index >= 15 is 0 Å². The van der Waals surface area contributed by atoms with Crippen LogP contribution >= 0.6 is 11.3 Å². The molecule has 2 fully saturated rings. The Hall–Kier alpha value is -3.75. The number of methoxy groups -OCH3 is 1. The maximum absolute atomic E-state index is 13.0. The van der Waals surface area contributed by atoms with Crippen molar-refractivity contribution in [1.29, 1.82) is 5.26 Å². The second-order valence-corrected chi connectivity index (χ2v) is 8.68. The maximum Gasteiger partial charge on any atom is 0.258 e. The molecule has 152 valence electrons. The highest BCUT2D eigenvalue weighted by molar-refractivity contribution is 7.15. The maximum atomic E-state index is 13.0. The first-order valence-corrected chi connectivity index (χ1v) is 10.6. The lowest BCUT2D eigenvalue weighted by Crippen LogP contribution is -2.13. The van der Waals surface area contributed by atoms with E-state index in [9.17, 15) is 10.1 Å². The number of nitriles is 1. The summed E-state index contributed by atoms with van der Waals surface area (Å²) in [6.07, 6.45) is 6.90. The zero-order valence-corrected chi connectivity index (χ0v) is 17.5. The Labute approximate surface area is 183 Å². The minimum absolute atomic E-state index is 0.350. The van der Waals surface area contributed by atoms with Crippen molar-refractivity contribution >= 4 is 22.4 Å². The van der Waals surface area contributed by atoms with Crippen LogP contribution in [-0.2, 0) is 0 Å². The molecular formula is C23H17N5O2S. The molecule has 3 aromatic rings. The fourth-order valence-corrected chi connectivity index (χ4v) is 4.30. The molecule has 1 unspecified atom stereocenters. The molecule has 1 N–H and O–H groups in total. The second kappa shape index (κ2) is 7.50. The van der Waals surface area contributed by atoms with Crippen LogP contribution in [0.4, 0.5) is 5.13 Å². The first-order valence-electron chi connectivity index (χ1n) is 9.81. The van der Waals surface area contributed by atoms with Crippen LogP contribution in [0.1, 0.15) is 40.2 Å². The lowest BCUT2D eigenvalue weighted by Gasteiger charge is -2.12. The van der Waals surface area contributed by atoms with E-state index in [2.05, 4.69) is 38.4 Å². The minimum Gasteiger partial charge on any atom is -0.496 e. The van der Waals surface area contributed by atoms with Gasteiger partial charge in [0.25, 0.3) is 5.91 Å². The summed E-state index contributed by atoms with van der Waals surface area (Å²) < 4.78 is 5.42. The van der Waals surface area contributed by atoms with Crippen molar-refractivity contribution in [3.63, 3.8) is 0 Å². The number of carbonyl (C=O) groups excluding carboxylic acids is 1. The molecule has 2 aliphatic carbocycles. The van der Waals surface area contributed by atoms with Crippen LogP contribution in [0, 0.1) is 34.5 Å². The average molecular weight is 427 g/mol. The van der Waals surface area contributed by atoms with E-state index in [0.717, 1.165) is 0 Å². The monoisotopic (exact) mass is 427 g/mol. The highest BCUT2D eigenvalue weighted by atomic mass is 32.1. The Balaban J connectivity index is 1.38. The number of benzene rings is 1. The minimum atomic E-state index is -0.350. The Morgan fingerprint density at radius 3 is 2.90 bits per heavy atom. The predicted octanol–water partition coefficient (Wildman–Crippen LogP) is 3.88. The molecule has 2 heterocycles. The number of carbonyl (C=O) groups is 1. The number of anilines is 1. The zero-order valence-electron chi connectivity index (χ0n) is 16.7. The molecule has 1 amide bonds. The zero-order chi connectivity index (χ0) is 21.4. The lowest BCUT2D eigenvalue weighted by atomic mass is 9.99. The van der Waals surface area contributed by atoms with Crippen molar-refractivity contribution < 1.29 is 9.53 Å². The molecule has 1 atom stereocenters. The summed E-state index contributed by atoms with van der Waals surface area (Å²) in [7, 11) is 1.54. The van der Waals surface area contributed by atoms with Crippen LogP contribution in [0.15, 0.2) is 36.7 Å². The van der Waals surface area contributed by atoms with Crippen molar-refractivity contribution in [2.45, 2.75) is 19.3 Å². The van der Waals surface area contributed by atoms with Gasteiger partial charge < -0.3 is 4.74 Å². The lowest BCUT2D eigenvalue weighted by molar-refractivity contribution is 0.102. The van der Waals surface area contributed by atoms with Crippen molar-refractivity contribution in [3.8, 4) is 34.8 Å². The quantitative estimate of drug-likeness (QED) is 0.634. The second-order valence-electron chi connectivity index (χ2n) is 7.70. The first kappa shape index (κ1) is 19.2. The summed E-state index contributed by atoms with van der Waals surface area (Å²) in [6, 6.07) is 8.76. The summed E-state index contributed by atoms with van der Waals surface area (Å²) in [6.45, 7) is 0. The topological polar surface area (TPSA) is 101 Å². The van der Waals surface area contributed by atoms with Crippen molar-refractivity contribution in [2.75, 3.05) is 12.4 Å². The highest BCUT2D eigenvalue weighted by Gasteiger charge is 2.62. The van der Waals surface area contributed by atoms with Gasteiger partial charge in [0.2, 0.25) is 5.13 Å². The van der Waals surface area contributed by atoms with Gasteiger partial charge in [-0.3, -0.25) is 15.1 Å². The van der Waals surface area contributed by atoms with Gasteiger partial charge in [-0.05, 0) is 54.9 Å². The molecular weight excluding hydrogens is 410 g/mol. The Morgan fingerprint density at radius 1 is 1.29 bits per heavy atom. The van der Waals surface area contributed by atoms with E-state index in [1.54, 1.807) is 36.7 Å². The third-order valence-electron chi connectivity index (χ3n) is 5.77. The van der Waals surface area contributed by atoms with E-state index in [1.165, 1.54) is 37.7 Å². The Bertz CT molecular complexity index is 1290. The molecule has 1 spiro atoms. The molecule has 2 saturated carbocycles. The number of aromatic nitrogens is 3. The molecule has 7 nitrogen and oxygen atoms in total. The highest BCUT2D eigenvalue weighted by Crippen LogP contribution is 2.70. The normalized spacial score (nSPS) is 17.2. The number of pyridine rings is 1. The van der Waals surface area contributed by atoms with Gasteiger partial charge in [0.05, 0.1) is 24.3 Å². The number of hydrogen-bond acceptors (Lipinski definition) is 7. The number of rotatable bonds is 4. The van der Waals surface area contributed by atoms with Gasteiger partial charge in [0, 0.05) is 29.4 Å². The van der Waals surface area contributed by atoms with Crippen molar-refractivity contribution in [3.05, 3.63) is 52.8 Å². The van der Waals surface area contributed by atoms with Crippen LogP contribution in [0.3, 0.4) is 0 Å². The molecule has 5 rings (SSSR count). The largest absolute Gasteiger partial charge is 0.496 e. The van der Waals surface area contributed by atoms with Gasteiger partial charge in [0.1, 0.15) is 5.75 Å². The standard InChI is InChI=1S/C23H17N5O2S/c1-30-19-4-2-14(12-24)10-17(19)18-13-25-9-6-16(18)21(29)26-22-28-27-20(31-22)5-3-15-11-23(15)7-8-23/h2,4,6,9-10,13,15H,7-8,11H2,1H3,(H,26,28,29). The predicted molar refractivity (Wildman–Crippen MR) is 115 cm³/mol. The summed E-state index contributed by atoms with van der Waals surface area (Å²) in [5.74, 6) is 7.05. The summed E-state index contributed by atoms with van der Waals surface area (Å²) >= 11 is 1.25. The van der Waals surface area contributed by atoms with Crippen LogP contribution < -0.4 is 10.1 Å². The van der Waals surface area contributed by atoms with Crippen LogP contribution in [0.5, 0.6) is 5.75 Å². The summed E-state index contributed by atoms with van der Waals surface area (Å²) in [4.78, 5) is 17.1. The molecule has 0 radical (unpaired) electrons. The van der Waals surface area contributed by atoms with Crippen LogP contribution in [0.2, 0.25) is 0 Å². The summed E-state index contributed by atoms with van der Waals surface area (Å²) in [5.41, 5.74) is 2.54. The van der Waals surface area contributed by atoms with Gasteiger partial charge in [-0.15, -0.1) is 10.2 Å². The van der Waals surface area contributed by atoms with Gasteiger partial charge in [-0.1, -0.05) is 17.3 Å². The van der Waals surface area contributed by atoms with Crippen molar-refractivity contribution in [1.82, 2.24) is 15.2 Å². The first-order chi connectivity index (χ1) is 15.1.